The van der Waals surface area contributed by atoms with Crippen molar-refractivity contribution in [2.45, 2.75) is 18.7 Å². The maximum Gasteiger partial charge on any atom is 0.0659 e. The summed E-state index contributed by atoms with van der Waals surface area (Å²) in [6.07, 6.45) is 0. The van der Waals surface area contributed by atoms with E-state index < -0.39 is 0 Å². The van der Waals surface area contributed by atoms with Crippen molar-refractivity contribution in [2.24, 2.45) is 0 Å². The predicted molar refractivity (Wildman–Crippen MR) is 83.1 cm³/mol. The van der Waals surface area contributed by atoms with Gasteiger partial charge < -0.3 is 0 Å². The van der Waals surface area contributed by atoms with Gasteiger partial charge in [0.05, 0.1) is 4.83 Å². The Hall–Kier alpha value is -0.500. The molecule has 0 heterocycles. The Labute approximate surface area is 126 Å². The zero-order chi connectivity index (χ0) is 13.3. The van der Waals surface area contributed by atoms with Crippen molar-refractivity contribution >= 4 is 39.1 Å². The summed E-state index contributed by atoms with van der Waals surface area (Å²) in [6.45, 7) is 4.22. The van der Waals surface area contributed by atoms with E-state index in [1.807, 2.05) is 12.1 Å². The number of benzene rings is 2. The molecule has 2 aromatic carbocycles. The third-order valence-corrected chi connectivity index (χ3v) is 4.64. The lowest BCUT2D eigenvalue weighted by Crippen LogP contribution is -1.95. The number of aryl methyl sites for hydroxylation is 2. The van der Waals surface area contributed by atoms with Crippen molar-refractivity contribution in [3.8, 4) is 0 Å². The molecule has 0 saturated carbocycles. The molecule has 2 rings (SSSR count). The van der Waals surface area contributed by atoms with Crippen LogP contribution in [0.4, 0.5) is 0 Å². The fourth-order valence-corrected chi connectivity index (χ4v) is 3.14. The van der Waals surface area contributed by atoms with Gasteiger partial charge in [0, 0.05) is 10.0 Å². The van der Waals surface area contributed by atoms with Gasteiger partial charge in [-0.25, -0.2) is 0 Å². The topological polar surface area (TPSA) is 0 Å². The lowest BCUT2D eigenvalue weighted by Gasteiger charge is -2.14. The molecule has 0 aliphatic heterocycles. The van der Waals surface area contributed by atoms with Crippen LogP contribution in [0.25, 0.3) is 0 Å². The minimum absolute atomic E-state index is 0.0848. The number of rotatable bonds is 2. The van der Waals surface area contributed by atoms with Crippen molar-refractivity contribution in [1.82, 2.24) is 0 Å². The monoisotopic (exact) mass is 342 g/mol. The second kappa shape index (κ2) is 5.64. The first-order valence-electron chi connectivity index (χ1n) is 5.65. The van der Waals surface area contributed by atoms with Crippen molar-refractivity contribution in [2.75, 3.05) is 0 Å². The Balaban J connectivity index is 2.41. The molecule has 0 spiro atoms. The Morgan fingerprint density at radius 2 is 1.67 bits per heavy atom. The average Bonchev–Trinajstić information content (AvgIpc) is 2.32. The van der Waals surface area contributed by atoms with Crippen molar-refractivity contribution < 1.29 is 0 Å². The van der Waals surface area contributed by atoms with Crippen molar-refractivity contribution in [3.05, 3.63) is 68.7 Å². The molecule has 0 N–H and O–H groups in total. The Kier molecular flexibility index (Phi) is 4.37. The van der Waals surface area contributed by atoms with Gasteiger partial charge in [-0.05, 0) is 48.2 Å². The standard InChI is InChI=1S/C15H13BrCl2/c1-9-3-4-11(7-10(9)2)15(16)13-6-5-12(17)8-14(13)18/h3-8,15H,1-2H3. The van der Waals surface area contributed by atoms with E-state index in [0.717, 1.165) is 5.56 Å². The van der Waals surface area contributed by atoms with E-state index in [1.165, 1.54) is 16.7 Å². The van der Waals surface area contributed by atoms with Gasteiger partial charge in [-0.3, -0.25) is 0 Å². The van der Waals surface area contributed by atoms with Crippen LogP contribution >= 0.6 is 39.1 Å². The van der Waals surface area contributed by atoms with E-state index in [9.17, 15) is 0 Å². The van der Waals surface area contributed by atoms with E-state index >= 15 is 0 Å². The quantitative estimate of drug-likeness (QED) is 0.578. The molecule has 0 amide bonds. The SMILES string of the molecule is Cc1ccc(C(Br)c2ccc(Cl)cc2Cl)cc1C. The average molecular weight is 344 g/mol. The van der Waals surface area contributed by atoms with E-state index in [4.69, 9.17) is 23.2 Å². The number of hydrogen-bond acceptors (Lipinski definition) is 0. The van der Waals surface area contributed by atoms with Gasteiger partial charge in [0.1, 0.15) is 0 Å². The zero-order valence-electron chi connectivity index (χ0n) is 10.2. The highest BCUT2D eigenvalue weighted by molar-refractivity contribution is 9.09. The first-order valence-corrected chi connectivity index (χ1v) is 7.32. The van der Waals surface area contributed by atoms with Gasteiger partial charge in [0.25, 0.3) is 0 Å². The zero-order valence-corrected chi connectivity index (χ0v) is 13.3. The normalized spacial score (nSPS) is 12.5. The molecule has 0 aliphatic carbocycles. The maximum absolute atomic E-state index is 6.23. The first kappa shape index (κ1) is 13.9. The fourth-order valence-electron chi connectivity index (χ4n) is 1.81. The second-order valence-corrected chi connectivity index (χ2v) is 6.13. The maximum atomic E-state index is 6.23. The van der Waals surface area contributed by atoms with E-state index in [0.29, 0.717) is 10.0 Å². The van der Waals surface area contributed by atoms with Crippen LogP contribution in [0, 0.1) is 13.8 Å². The molecule has 0 nitrogen and oxygen atoms in total. The van der Waals surface area contributed by atoms with Crippen LogP contribution < -0.4 is 0 Å². The van der Waals surface area contributed by atoms with Crippen LogP contribution in [0.5, 0.6) is 0 Å². The summed E-state index contributed by atoms with van der Waals surface area (Å²) >= 11 is 15.8. The fraction of sp³-hybridized carbons (Fsp3) is 0.200. The highest BCUT2D eigenvalue weighted by Gasteiger charge is 2.14. The molecule has 0 fully saturated rings. The number of alkyl halides is 1. The highest BCUT2D eigenvalue weighted by atomic mass is 79.9. The molecule has 3 heteroatoms. The van der Waals surface area contributed by atoms with Crippen LogP contribution in [0.2, 0.25) is 10.0 Å². The third-order valence-electron chi connectivity index (χ3n) is 3.06. The summed E-state index contributed by atoms with van der Waals surface area (Å²) < 4.78 is 0. The van der Waals surface area contributed by atoms with Crippen LogP contribution in [0.3, 0.4) is 0 Å². The second-order valence-electron chi connectivity index (χ2n) is 4.37. The van der Waals surface area contributed by atoms with Gasteiger partial charge in [-0.1, -0.05) is 63.4 Å². The lowest BCUT2D eigenvalue weighted by atomic mass is 10.0. The van der Waals surface area contributed by atoms with Crippen LogP contribution in [0.15, 0.2) is 36.4 Å². The van der Waals surface area contributed by atoms with Crippen molar-refractivity contribution in [1.29, 1.82) is 0 Å². The molecule has 0 bridgehead atoms. The van der Waals surface area contributed by atoms with E-state index in [1.54, 1.807) is 6.07 Å². The highest BCUT2D eigenvalue weighted by Crippen LogP contribution is 2.36. The molecule has 1 unspecified atom stereocenters. The predicted octanol–water partition coefficient (Wildman–Crippen LogP) is 6.09. The summed E-state index contributed by atoms with van der Waals surface area (Å²) in [5.74, 6) is 0. The molecular weight excluding hydrogens is 331 g/mol. The van der Waals surface area contributed by atoms with E-state index in [-0.39, 0.29) is 4.83 Å². The molecule has 0 aliphatic rings. The molecular formula is C15H13BrCl2. The van der Waals surface area contributed by atoms with Gasteiger partial charge in [-0.2, -0.15) is 0 Å². The van der Waals surface area contributed by atoms with Crippen LogP contribution in [-0.2, 0) is 0 Å². The third kappa shape index (κ3) is 2.90. The molecule has 0 aromatic heterocycles. The Morgan fingerprint density at radius 3 is 2.28 bits per heavy atom. The molecule has 0 saturated heterocycles. The molecule has 2 aromatic rings. The Bertz CT molecular complexity index is 579. The van der Waals surface area contributed by atoms with Crippen molar-refractivity contribution in [3.63, 3.8) is 0 Å². The van der Waals surface area contributed by atoms with E-state index in [2.05, 4.69) is 48.0 Å². The molecule has 0 radical (unpaired) electrons. The van der Waals surface area contributed by atoms with Crippen LogP contribution in [0.1, 0.15) is 27.1 Å². The summed E-state index contributed by atoms with van der Waals surface area (Å²) in [5, 5.41) is 1.34. The molecule has 94 valence electrons. The molecule has 18 heavy (non-hydrogen) atoms. The van der Waals surface area contributed by atoms with Gasteiger partial charge in [0.15, 0.2) is 0 Å². The number of halogens is 3. The minimum Gasteiger partial charge on any atom is -0.0843 e. The number of hydrogen-bond donors (Lipinski definition) is 0. The van der Waals surface area contributed by atoms with Gasteiger partial charge >= 0.3 is 0 Å². The van der Waals surface area contributed by atoms with Gasteiger partial charge in [0.2, 0.25) is 0 Å². The van der Waals surface area contributed by atoms with Gasteiger partial charge in [-0.15, -0.1) is 0 Å². The summed E-state index contributed by atoms with van der Waals surface area (Å²) in [7, 11) is 0. The lowest BCUT2D eigenvalue weighted by molar-refractivity contribution is 1.16. The minimum atomic E-state index is 0.0848. The summed E-state index contributed by atoms with van der Waals surface area (Å²) in [5.41, 5.74) is 4.80. The molecule has 1 atom stereocenters. The summed E-state index contributed by atoms with van der Waals surface area (Å²) in [4.78, 5) is 0.0848. The first-order chi connectivity index (χ1) is 8.49. The van der Waals surface area contributed by atoms with Crippen LogP contribution in [-0.4, -0.2) is 0 Å². The largest absolute Gasteiger partial charge is 0.0843 e. The smallest absolute Gasteiger partial charge is 0.0659 e. The Morgan fingerprint density at radius 1 is 0.944 bits per heavy atom. The summed E-state index contributed by atoms with van der Waals surface area (Å²) in [6, 6.07) is 12.0.